The molecule has 0 radical (unpaired) electrons. The molecule has 2 aromatic heterocycles. The fourth-order valence-electron chi connectivity index (χ4n) is 13.7. The largest absolute Gasteiger partial charge is 0.379 e. The lowest BCUT2D eigenvalue weighted by molar-refractivity contribution is 0.172. The van der Waals surface area contributed by atoms with Gasteiger partial charge in [-0.15, -0.1) is 6.58 Å². The number of rotatable bonds is 23. The minimum absolute atomic E-state index is 0.00231. The zero-order valence-corrected chi connectivity index (χ0v) is 47.0. The van der Waals surface area contributed by atoms with Gasteiger partial charge in [0.2, 0.25) is 0 Å². The van der Waals surface area contributed by atoms with Crippen LogP contribution in [0.2, 0.25) is 0 Å². The van der Waals surface area contributed by atoms with Gasteiger partial charge < -0.3 is 30.1 Å². The molecule has 0 bridgehead atoms. The van der Waals surface area contributed by atoms with Crippen LogP contribution >= 0.6 is 0 Å². The third-order valence-corrected chi connectivity index (χ3v) is 18.1. The number of aryl methyl sites for hydroxylation is 1. The number of likely N-dealkylation sites (tertiary alicyclic amines) is 1. The van der Waals surface area contributed by atoms with Gasteiger partial charge in [0.05, 0.1) is 35.4 Å². The maximum atomic E-state index is 8.53. The number of allylic oxidation sites excluding steroid dienone is 1. The molecule has 5 atom stereocenters. The number of nitrogens with one attached hydrogen (secondary N) is 3. The summed E-state index contributed by atoms with van der Waals surface area (Å²) in [6, 6.07) is 19.9. The van der Waals surface area contributed by atoms with Gasteiger partial charge in [-0.25, -0.2) is 5.43 Å². The Balaban J connectivity index is 1.08. The molecule has 3 N–H and O–H groups in total. The summed E-state index contributed by atoms with van der Waals surface area (Å²) in [7, 11) is 2.27. The molecule has 4 saturated heterocycles. The molecule has 400 valence electrons. The van der Waals surface area contributed by atoms with Gasteiger partial charge in [-0.3, -0.25) is 14.8 Å². The molecular weight excluding hydrogens is 909 g/mol. The quantitative estimate of drug-likeness (QED) is 0.0501. The molecule has 9 rings (SSSR count). The van der Waals surface area contributed by atoms with E-state index in [0.717, 1.165) is 96.0 Å². The molecule has 74 heavy (non-hydrogen) atoms. The van der Waals surface area contributed by atoms with Gasteiger partial charge in [-0.1, -0.05) is 89.6 Å². The first-order valence-electron chi connectivity index (χ1n) is 29.2. The van der Waals surface area contributed by atoms with Crippen LogP contribution in [0.15, 0.2) is 91.4 Å². The van der Waals surface area contributed by atoms with Crippen molar-refractivity contribution in [2.75, 3.05) is 77.4 Å². The van der Waals surface area contributed by atoms with Crippen LogP contribution in [-0.2, 0) is 19.4 Å². The lowest BCUT2D eigenvalue weighted by Crippen LogP contribution is -2.51. The first-order chi connectivity index (χ1) is 35.7. The van der Waals surface area contributed by atoms with Crippen molar-refractivity contribution in [2.45, 2.75) is 156 Å². The summed E-state index contributed by atoms with van der Waals surface area (Å²) in [5.41, 5.74) is 18.3. The molecule has 4 aliphatic heterocycles. The zero-order valence-electron chi connectivity index (χ0n) is 47.0. The highest BCUT2D eigenvalue weighted by Crippen LogP contribution is 2.44. The van der Waals surface area contributed by atoms with Crippen molar-refractivity contribution in [1.29, 1.82) is 5.41 Å². The topological polar surface area (TPSA) is 81.9 Å². The maximum absolute atomic E-state index is 8.53. The van der Waals surface area contributed by atoms with Crippen molar-refractivity contribution in [3.63, 3.8) is 0 Å². The van der Waals surface area contributed by atoms with E-state index in [1.54, 1.807) is 6.21 Å². The lowest BCUT2D eigenvalue weighted by Gasteiger charge is -2.39. The van der Waals surface area contributed by atoms with E-state index in [1.807, 2.05) is 0 Å². The van der Waals surface area contributed by atoms with E-state index >= 15 is 0 Å². The molecule has 5 aliphatic rings. The second-order valence-electron chi connectivity index (χ2n) is 24.3. The molecule has 0 spiro atoms. The minimum atomic E-state index is -0.118. The molecule has 2 aromatic carbocycles. The van der Waals surface area contributed by atoms with Crippen LogP contribution in [0, 0.1) is 22.7 Å². The summed E-state index contributed by atoms with van der Waals surface area (Å²) in [6.07, 6.45) is 18.9. The Morgan fingerprint density at radius 2 is 1.74 bits per heavy atom. The molecule has 10 heteroatoms. The smallest absolute Gasteiger partial charge is 0.0707 e. The predicted octanol–water partition coefficient (Wildman–Crippen LogP) is 12.3. The summed E-state index contributed by atoms with van der Waals surface area (Å²) < 4.78 is 2.56. The number of piperazine rings is 1. The number of nitrogens with zero attached hydrogens (tertiary/aromatic N) is 7. The number of hydrazine groups is 1. The van der Waals surface area contributed by atoms with Gasteiger partial charge in [-0.05, 0) is 169 Å². The molecule has 0 amide bonds. The highest BCUT2D eigenvalue weighted by atomic mass is 15.5. The number of hydrogen-bond donors (Lipinski definition) is 3. The number of hydrogen-bond acceptors (Lipinski definition) is 9. The van der Waals surface area contributed by atoms with Gasteiger partial charge in [0.15, 0.2) is 0 Å². The standard InChI is InChI=1S/C64H94N10/c1-11-69(10)42-50-27-32-72(43-50)62(51-20-13-14-21-51)47(6)68-59(48(7)74-31-16-15-29-67-74)36-49-19-17-22-52(35-49)53-24-25-60-56(37-53)58(39-64(8,9)28-26-45(3)4)63(73(60)12-2)57-38-55(41-66-61(57)46(5)40-65)71-34-33-70-30-18-23-54(70)44-71/h17,19,22,24-25,35,37-38,40-41,46,50-51,54,59,62,65,67-68H,3,6-7,11-16,18,20-21,23,26-34,36,39,42-44H2,1-2,4-5,8-10H3. The number of benzene rings is 2. The number of anilines is 1. The van der Waals surface area contributed by atoms with Gasteiger partial charge in [0.25, 0.3) is 0 Å². The summed E-state index contributed by atoms with van der Waals surface area (Å²) in [4.78, 5) is 15.8. The fourth-order valence-corrected chi connectivity index (χ4v) is 13.7. The normalized spacial score (nSPS) is 21.4. The van der Waals surface area contributed by atoms with Crippen molar-refractivity contribution < 1.29 is 0 Å². The molecule has 1 aliphatic carbocycles. The van der Waals surface area contributed by atoms with Crippen molar-refractivity contribution >= 4 is 22.8 Å². The highest BCUT2D eigenvalue weighted by molar-refractivity contribution is 5.96. The van der Waals surface area contributed by atoms with Gasteiger partial charge in [0.1, 0.15) is 0 Å². The van der Waals surface area contributed by atoms with E-state index in [0.29, 0.717) is 23.9 Å². The number of pyridine rings is 1. The molecule has 5 fully saturated rings. The maximum Gasteiger partial charge on any atom is 0.0707 e. The Hall–Kier alpha value is -4.74. The highest BCUT2D eigenvalue weighted by Gasteiger charge is 2.38. The summed E-state index contributed by atoms with van der Waals surface area (Å²) >= 11 is 0. The van der Waals surface area contributed by atoms with Crippen LogP contribution in [0.4, 0.5) is 5.69 Å². The molecule has 4 aromatic rings. The van der Waals surface area contributed by atoms with Crippen LogP contribution in [0.1, 0.15) is 135 Å². The monoisotopic (exact) mass is 1000 g/mol. The van der Waals surface area contributed by atoms with Gasteiger partial charge >= 0.3 is 0 Å². The summed E-state index contributed by atoms with van der Waals surface area (Å²) in [6.45, 7) is 39.6. The summed E-state index contributed by atoms with van der Waals surface area (Å²) in [5, 5.41) is 16.3. The first kappa shape index (κ1) is 54.1. The average molecular weight is 1000 g/mol. The summed E-state index contributed by atoms with van der Waals surface area (Å²) in [5.74, 6) is 1.23. The Morgan fingerprint density at radius 3 is 2.49 bits per heavy atom. The van der Waals surface area contributed by atoms with Crippen molar-refractivity contribution in [1.82, 2.24) is 40.0 Å². The molecule has 5 unspecified atom stereocenters. The zero-order chi connectivity index (χ0) is 52.1. The third-order valence-electron chi connectivity index (χ3n) is 18.1. The van der Waals surface area contributed by atoms with Crippen LogP contribution < -0.4 is 15.6 Å². The Morgan fingerprint density at radius 1 is 0.932 bits per heavy atom. The third kappa shape index (κ3) is 12.3. The molecule has 6 heterocycles. The van der Waals surface area contributed by atoms with Crippen molar-refractivity contribution in [2.24, 2.45) is 17.3 Å². The Bertz CT molecular complexity index is 2590. The second-order valence-corrected chi connectivity index (χ2v) is 24.3. The molecule has 1 saturated carbocycles. The van der Waals surface area contributed by atoms with E-state index < -0.39 is 0 Å². The van der Waals surface area contributed by atoms with E-state index in [-0.39, 0.29) is 17.4 Å². The van der Waals surface area contributed by atoms with Crippen LogP contribution in [0.25, 0.3) is 33.3 Å². The van der Waals surface area contributed by atoms with Gasteiger partial charge in [0, 0.05) is 98.4 Å². The number of aromatic nitrogens is 2. The van der Waals surface area contributed by atoms with Crippen LogP contribution in [-0.4, -0.2) is 126 Å². The van der Waals surface area contributed by atoms with E-state index in [9.17, 15) is 0 Å². The second kappa shape index (κ2) is 24.1. The first-order valence-corrected chi connectivity index (χ1v) is 29.2. The van der Waals surface area contributed by atoms with Crippen LogP contribution in [0.5, 0.6) is 0 Å². The van der Waals surface area contributed by atoms with Gasteiger partial charge in [-0.2, -0.15) is 0 Å². The number of fused-ring (bicyclic) bond motifs is 2. The van der Waals surface area contributed by atoms with E-state index in [4.69, 9.17) is 23.6 Å². The lowest BCUT2D eigenvalue weighted by atomic mass is 9.79. The van der Waals surface area contributed by atoms with Crippen molar-refractivity contribution in [3.8, 4) is 22.4 Å². The van der Waals surface area contributed by atoms with E-state index in [2.05, 4.69) is 150 Å². The minimum Gasteiger partial charge on any atom is -0.379 e. The Labute approximate surface area is 447 Å². The fraction of sp³-hybridized carbons (Fsp3) is 0.594. The SMILES string of the molecule is C=C(C)CCC(C)(C)Cc1c(-c2cc(N3CCN4CCCC4C3)cnc2C(C)C=N)n(CC)c2ccc(-c3cccc(CC(NC(=C)C(C4CCCC4)N4CCC(CN(C)CC)C4)C(=C)N4CCCCN4)c3)cc12. The Kier molecular flexibility index (Phi) is 17.6. The van der Waals surface area contributed by atoms with Crippen molar-refractivity contribution in [3.05, 3.63) is 108 Å². The predicted molar refractivity (Wildman–Crippen MR) is 313 cm³/mol. The average Bonchev–Trinajstić information content (AvgIpc) is 4.26. The van der Waals surface area contributed by atoms with Crippen LogP contribution in [0.3, 0.4) is 0 Å². The van der Waals surface area contributed by atoms with E-state index in [1.165, 1.54) is 132 Å². The molecule has 10 nitrogen and oxygen atoms in total. The molecular formula is C64H94N10.